The third-order valence-corrected chi connectivity index (χ3v) is 1.60. The first-order chi connectivity index (χ1) is 6.68. The smallest absolute Gasteiger partial charge is 0.231 e. The van der Waals surface area contributed by atoms with Crippen LogP contribution >= 0.6 is 0 Å². The Morgan fingerprint density at radius 3 is 2.77 bits per heavy atom. The average molecular weight is 179 g/mol. The van der Waals surface area contributed by atoms with Crippen molar-refractivity contribution in [3.63, 3.8) is 0 Å². The maximum atomic E-state index is 10.4. The van der Waals surface area contributed by atoms with Gasteiger partial charge in [-0.3, -0.25) is 4.79 Å². The van der Waals surface area contributed by atoms with Crippen LogP contribution in [0.3, 0.4) is 0 Å². The van der Waals surface area contributed by atoms with Crippen molar-refractivity contribution in [3.8, 4) is 0 Å². The van der Waals surface area contributed by atoms with Gasteiger partial charge in [0, 0.05) is 1.37 Å². The third-order valence-electron chi connectivity index (χ3n) is 1.60. The Bertz CT molecular complexity index is 289. The predicted octanol–water partition coefficient (Wildman–Crippen LogP) is 0.304. The number of aryl methyl sites for hydroxylation is 1. The predicted molar refractivity (Wildman–Crippen MR) is 52.2 cm³/mol. The van der Waals surface area contributed by atoms with E-state index in [2.05, 4.69) is 5.32 Å². The van der Waals surface area contributed by atoms with Crippen LogP contribution in [0.15, 0.2) is 30.3 Å². The van der Waals surface area contributed by atoms with Crippen molar-refractivity contribution in [2.45, 2.75) is 6.42 Å². The Kier molecular flexibility index (Phi) is 3.38. The fourth-order valence-corrected chi connectivity index (χ4v) is 0.977. The van der Waals surface area contributed by atoms with Gasteiger partial charge in [-0.15, -0.1) is 0 Å². The van der Waals surface area contributed by atoms with Gasteiger partial charge >= 0.3 is 0 Å². The molecule has 3 heteroatoms. The summed E-state index contributed by atoms with van der Waals surface area (Å²) in [5.41, 5.74) is 6.02. The molecule has 1 aromatic carbocycles. The summed E-state index contributed by atoms with van der Waals surface area (Å²) in [4.78, 5) is 10.4. The molecule has 0 unspecified atom stereocenters. The van der Waals surface area contributed by atoms with E-state index < -0.39 is 12.4 Å². The van der Waals surface area contributed by atoms with Gasteiger partial charge in [-0.1, -0.05) is 30.3 Å². The molecule has 0 saturated heterocycles. The number of hydrogen-bond donors (Lipinski definition) is 2. The SMILES string of the molecule is [2H][C@@H](Cc1ccccc1)NCC(N)=O. The highest BCUT2D eigenvalue weighted by Gasteiger charge is 1.93. The van der Waals surface area contributed by atoms with Gasteiger partial charge in [0.1, 0.15) is 0 Å². The highest BCUT2D eigenvalue weighted by molar-refractivity contribution is 5.75. The number of hydrogen-bond acceptors (Lipinski definition) is 2. The minimum Gasteiger partial charge on any atom is -0.369 e. The van der Waals surface area contributed by atoms with Crippen LogP contribution in [0.5, 0.6) is 0 Å². The molecule has 0 spiro atoms. The van der Waals surface area contributed by atoms with E-state index in [1.807, 2.05) is 30.3 Å². The molecule has 0 radical (unpaired) electrons. The zero-order valence-corrected chi connectivity index (χ0v) is 7.36. The Morgan fingerprint density at radius 1 is 1.46 bits per heavy atom. The van der Waals surface area contributed by atoms with Gasteiger partial charge < -0.3 is 11.1 Å². The van der Waals surface area contributed by atoms with Crippen molar-refractivity contribution in [2.75, 3.05) is 13.1 Å². The summed E-state index contributed by atoms with van der Waals surface area (Å²) in [6.45, 7) is -0.425. The summed E-state index contributed by atoms with van der Waals surface area (Å²) in [6.07, 6.45) is 0.577. The summed E-state index contributed by atoms with van der Waals surface area (Å²) in [5, 5.41) is 2.72. The van der Waals surface area contributed by atoms with E-state index >= 15 is 0 Å². The molecule has 0 aliphatic carbocycles. The lowest BCUT2D eigenvalue weighted by molar-refractivity contribution is -0.117. The molecule has 1 aromatic rings. The molecule has 13 heavy (non-hydrogen) atoms. The molecular formula is C10H14N2O. The number of nitrogens with one attached hydrogen (secondary N) is 1. The van der Waals surface area contributed by atoms with Crippen LogP contribution in [0.25, 0.3) is 0 Å². The van der Waals surface area contributed by atoms with E-state index in [4.69, 9.17) is 7.10 Å². The molecule has 3 nitrogen and oxygen atoms in total. The van der Waals surface area contributed by atoms with Crippen molar-refractivity contribution < 1.29 is 6.17 Å². The van der Waals surface area contributed by atoms with Crippen molar-refractivity contribution in [3.05, 3.63) is 35.9 Å². The molecule has 0 fully saturated rings. The minimum absolute atomic E-state index is 0.0565. The molecule has 1 amide bonds. The highest BCUT2D eigenvalue weighted by atomic mass is 16.1. The maximum Gasteiger partial charge on any atom is 0.231 e. The van der Waals surface area contributed by atoms with Crippen LogP contribution in [0.4, 0.5) is 0 Å². The van der Waals surface area contributed by atoms with Crippen LogP contribution in [0.2, 0.25) is 0 Å². The first-order valence-electron chi connectivity index (χ1n) is 4.74. The third kappa shape index (κ3) is 4.28. The van der Waals surface area contributed by atoms with Crippen LogP contribution in [-0.4, -0.2) is 19.0 Å². The Labute approximate surface area is 79.3 Å². The summed E-state index contributed by atoms with van der Waals surface area (Å²) in [6, 6.07) is 9.69. The van der Waals surface area contributed by atoms with E-state index in [0.717, 1.165) is 5.56 Å². The normalized spacial score (nSPS) is 13.4. The summed E-state index contributed by atoms with van der Waals surface area (Å²) in [7, 11) is 0. The topological polar surface area (TPSA) is 55.1 Å². The first kappa shape index (κ1) is 8.26. The van der Waals surface area contributed by atoms with Gasteiger partial charge in [-0.2, -0.15) is 0 Å². The Hall–Kier alpha value is -1.35. The molecule has 0 aliphatic heterocycles. The molecule has 0 heterocycles. The van der Waals surface area contributed by atoms with Gasteiger partial charge in [-0.25, -0.2) is 0 Å². The quantitative estimate of drug-likeness (QED) is 0.683. The highest BCUT2D eigenvalue weighted by Crippen LogP contribution is 1.97. The van der Waals surface area contributed by atoms with E-state index in [0.29, 0.717) is 6.42 Å². The fourth-order valence-electron chi connectivity index (χ4n) is 0.977. The summed E-state index contributed by atoms with van der Waals surface area (Å²) < 4.78 is 7.58. The van der Waals surface area contributed by atoms with Gasteiger partial charge in [0.15, 0.2) is 0 Å². The standard InChI is InChI=1S/C10H14N2O/c11-10(13)8-12-7-6-9-4-2-1-3-5-9/h1-5,12H,6-8H2,(H2,11,13)/i7D/t7-/m0/s1. The molecule has 3 N–H and O–H groups in total. The molecule has 1 atom stereocenters. The zero-order valence-electron chi connectivity index (χ0n) is 8.36. The maximum absolute atomic E-state index is 10.4. The largest absolute Gasteiger partial charge is 0.369 e. The molecule has 70 valence electrons. The van der Waals surface area contributed by atoms with E-state index in [9.17, 15) is 4.79 Å². The van der Waals surface area contributed by atoms with Crippen molar-refractivity contribution in [2.24, 2.45) is 5.73 Å². The zero-order chi connectivity index (χ0) is 10.4. The molecule has 1 rings (SSSR count). The van der Waals surface area contributed by atoms with E-state index in [1.54, 1.807) is 0 Å². The van der Waals surface area contributed by atoms with Crippen LogP contribution in [0, 0.1) is 0 Å². The average Bonchev–Trinajstić information content (AvgIpc) is 2.16. The number of nitrogens with two attached hydrogens (primary N) is 1. The lowest BCUT2D eigenvalue weighted by Gasteiger charge is -2.01. The number of rotatable bonds is 5. The van der Waals surface area contributed by atoms with Crippen molar-refractivity contribution in [1.82, 2.24) is 5.32 Å². The number of amides is 1. The number of carbonyl (C=O) groups is 1. The minimum atomic E-state index is -0.482. The molecule has 0 saturated carbocycles. The monoisotopic (exact) mass is 179 g/mol. The summed E-state index contributed by atoms with van der Waals surface area (Å²) in [5.74, 6) is -0.435. The van der Waals surface area contributed by atoms with Crippen molar-refractivity contribution >= 4 is 5.91 Å². The number of benzene rings is 1. The second-order valence-corrected chi connectivity index (χ2v) is 2.74. The van der Waals surface area contributed by atoms with Crippen molar-refractivity contribution in [1.29, 1.82) is 0 Å². The molecule has 0 aromatic heterocycles. The lowest BCUT2D eigenvalue weighted by atomic mass is 10.1. The van der Waals surface area contributed by atoms with Gasteiger partial charge in [-0.05, 0) is 18.5 Å². The van der Waals surface area contributed by atoms with E-state index in [1.165, 1.54) is 0 Å². The summed E-state index contributed by atoms with van der Waals surface area (Å²) >= 11 is 0. The van der Waals surface area contributed by atoms with Gasteiger partial charge in [0.25, 0.3) is 0 Å². The van der Waals surface area contributed by atoms with Crippen LogP contribution < -0.4 is 11.1 Å². The second-order valence-electron chi connectivity index (χ2n) is 2.74. The van der Waals surface area contributed by atoms with Gasteiger partial charge in [0.05, 0.1) is 6.54 Å². The fraction of sp³-hybridized carbons (Fsp3) is 0.300. The Morgan fingerprint density at radius 2 is 2.15 bits per heavy atom. The van der Waals surface area contributed by atoms with E-state index in [-0.39, 0.29) is 6.54 Å². The Balaban J connectivity index is 2.34. The molecule has 0 aliphatic rings. The molecular weight excluding hydrogens is 164 g/mol. The number of carbonyl (C=O) groups excluding carboxylic acids is 1. The second kappa shape index (κ2) is 5.32. The molecule has 0 bridgehead atoms. The first-order valence-corrected chi connectivity index (χ1v) is 4.16. The van der Waals surface area contributed by atoms with Gasteiger partial charge in [0.2, 0.25) is 5.91 Å². The lowest BCUT2D eigenvalue weighted by Crippen LogP contribution is -2.29. The number of primary amides is 1. The van der Waals surface area contributed by atoms with Crippen LogP contribution in [-0.2, 0) is 11.2 Å². The van der Waals surface area contributed by atoms with Crippen LogP contribution in [0.1, 0.15) is 6.93 Å².